The highest BCUT2D eigenvalue weighted by atomic mass is 32.2. The molecule has 0 unspecified atom stereocenters. The number of nitrogens with zero attached hydrogens (tertiary/aromatic N) is 2. The number of carboxylic acids is 1. The van der Waals surface area contributed by atoms with Crippen LogP contribution in [-0.2, 0) is 22.9 Å². The lowest BCUT2D eigenvalue weighted by molar-refractivity contribution is 0.0696. The highest BCUT2D eigenvalue weighted by Crippen LogP contribution is 2.24. The zero-order valence-corrected chi connectivity index (χ0v) is 14.3. The Kier molecular flexibility index (Phi) is 4.18. The number of hydrogen-bond acceptors (Lipinski definition) is 4. The van der Waals surface area contributed by atoms with Crippen LogP contribution < -0.4 is 4.72 Å². The maximum absolute atomic E-state index is 12.4. The van der Waals surface area contributed by atoms with E-state index in [1.165, 1.54) is 12.1 Å². The molecule has 2 N–H and O–H groups in total. The summed E-state index contributed by atoms with van der Waals surface area (Å²) in [6, 6.07) is 3.74. The Morgan fingerprint density at radius 3 is 2.67 bits per heavy atom. The average molecular weight is 349 g/mol. The Morgan fingerprint density at radius 2 is 2.04 bits per heavy atom. The molecule has 1 aromatic heterocycles. The first-order valence-corrected chi connectivity index (χ1v) is 9.23. The highest BCUT2D eigenvalue weighted by molar-refractivity contribution is 7.89. The predicted molar refractivity (Wildman–Crippen MR) is 88.0 cm³/mol. The number of sulfonamides is 1. The van der Waals surface area contributed by atoms with Crippen LogP contribution in [0.4, 0.5) is 0 Å². The van der Waals surface area contributed by atoms with Crippen LogP contribution in [0.1, 0.15) is 41.9 Å². The number of nitrogens with one attached hydrogen (secondary N) is 1. The van der Waals surface area contributed by atoms with Gasteiger partial charge in [-0.05, 0) is 56.9 Å². The molecule has 1 heterocycles. The summed E-state index contributed by atoms with van der Waals surface area (Å²) in [5.41, 5.74) is 2.45. The van der Waals surface area contributed by atoms with Crippen molar-refractivity contribution in [2.24, 2.45) is 0 Å². The maximum atomic E-state index is 12.4. The van der Waals surface area contributed by atoms with Gasteiger partial charge in [0.05, 0.1) is 21.8 Å². The maximum Gasteiger partial charge on any atom is 0.335 e. The number of aromatic carboxylic acids is 1. The number of hydrogen-bond donors (Lipinski definition) is 2. The average Bonchev–Trinajstić information content (AvgIpc) is 3.06. The van der Waals surface area contributed by atoms with Crippen molar-refractivity contribution < 1.29 is 18.3 Å². The lowest BCUT2D eigenvalue weighted by atomic mass is 10.2. The van der Waals surface area contributed by atoms with Crippen LogP contribution in [-0.4, -0.2) is 35.3 Å². The first-order valence-electron chi connectivity index (χ1n) is 7.75. The molecule has 1 aliphatic carbocycles. The van der Waals surface area contributed by atoms with Gasteiger partial charge in [-0.1, -0.05) is 0 Å². The molecule has 0 aliphatic heterocycles. The molecule has 3 rings (SSSR count). The van der Waals surface area contributed by atoms with Crippen LogP contribution in [0.3, 0.4) is 0 Å². The van der Waals surface area contributed by atoms with E-state index in [-0.39, 0.29) is 16.5 Å². The van der Waals surface area contributed by atoms with Gasteiger partial charge in [0.15, 0.2) is 0 Å². The van der Waals surface area contributed by atoms with E-state index >= 15 is 0 Å². The summed E-state index contributed by atoms with van der Waals surface area (Å²) in [5.74, 6) is -1.18. The first-order chi connectivity index (χ1) is 11.3. The van der Waals surface area contributed by atoms with Gasteiger partial charge in [0.25, 0.3) is 0 Å². The normalized spacial score (nSPS) is 14.1. The van der Waals surface area contributed by atoms with Gasteiger partial charge < -0.3 is 5.11 Å². The van der Waals surface area contributed by atoms with Gasteiger partial charge in [0, 0.05) is 12.2 Å². The molecule has 0 spiro atoms. The summed E-state index contributed by atoms with van der Waals surface area (Å²) in [6.07, 6.45) is 4.73. The van der Waals surface area contributed by atoms with E-state index in [1.807, 2.05) is 6.20 Å². The Balaban J connectivity index is 2.11. The molecule has 24 heavy (non-hydrogen) atoms. The van der Waals surface area contributed by atoms with Crippen LogP contribution in [0, 0.1) is 0 Å². The van der Waals surface area contributed by atoms with Gasteiger partial charge in [-0.2, -0.15) is 5.10 Å². The molecule has 1 aromatic carbocycles. The molecule has 128 valence electrons. The third-order valence-corrected chi connectivity index (χ3v) is 5.48. The molecule has 0 atom stereocenters. The number of aryl methyl sites for hydroxylation is 2. The first kappa shape index (κ1) is 16.7. The molecule has 8 heteroatoms. The topological polar surface area (TPSA) is 101 Å². The summed E-state index contributed by atoms with van der Waals surface area (Å²) in [5, 5.41) is 13.8. The molecule has 0 saturated carbocycles. The minimum absolute atomic E-state index is 0.0817. The van der Waals surface area contributed by atoms with E-state index in [2.05, 4.69) is 9.82 Å². The van der Waals surface area contributed by atoms with Crippen molar-refractivity contribution in [2.45, 2.75) is 44.0 Å². The summed E-state index contributed by atoms with van der Waals surface area (Å²) >= 11 is 0. The number of aromatic nitrogens is 2. The van der Waals surface area contributed by atoms with Crippen molar-refractivity contribution in [3.8, 4) is 5.69 Å². The largest absolute Gasteiger partial charge is 0.478 e. The Labute approximate surface area is 140 Å². The van der Waals surface area contributed by atoms with E-state index in [1.54, 1.807) is 18.5 Å². The zero-order chi connectivity index (χ0) is 17.5. The summed E-state index contributed by atoms with van der Waals surface area (Å²) in [7, 11) is -3.80. The zero-order valence-electron chi connectivity index (χ0n) is 13.5. The monoisotopic (exact) mass is 349 g/mol. The van der Waals surface area contributed by atoms with Crippen LogP contribution in [0.15, 0.2) is 29.3 Å². The van der Waals surface area contributed by atoms with Crippen LogP contribution >= 0.6 is 0 Å². The van der Waals surface area contributed by atoms with Crippen molar-refractivity contribution in [1.29, 1.82) is 0 Å². The molecule has 1 aliphatic rings. The fourth-order valence-corrected chi connectivity index (χ4v) is 4.13. The molecule has 0 fully saturated rings. The minimum atomic E-state index is -3.80. The summed E-state index contributed by atoms with van der Waals surface area (Å²) < 4.78 is 28.8. The Morgan fingerprint density at radius 1 is 1.29 bits per heavy atom. The van der Waals surface area contributed by atoms with Crippen molar-refractivity contribution in [1.82, 2.24) is 14.5 Å². The number of rotatable bonds is 5. The van der Waals surface area contributed by atoms with E-state index in [9.17, 15) is 18.3 Å². The molecule has 0 saturated heterocycles. The smallest absolute Gasteiger partial charge is 0.335 e. The van der Waals surface area contributed by atoms with Gasteiger partial charge in [-0.25, -0.2) is 22.6 Å². The molecule has 7 nitrogen and oxygen atoms in total. The number of carbonyl (C=O) groups is 1. The molecular weight excluding hydrogens is 330 g/mol. The third kappa shape index (κ3) is 3.20. The molecule has 0 bridgehead atoms. The lowest BCUT2D eigenvalue weighted by Crippen LogP contribution is -2.30. The van der Waals surface area contributed by atoms with E-state index < -0.39 is 16.0 Å². The molecular formula is C16H19N3O4S. The Hall–Kier alpha value is -2.19. The summed E-state index contributed by atoms with van der Waals surface area (Å²) in [6.45, 7) is 3.41. The molecule has 0 amide bonds. The van der Waals surface area contributed by atoms with Gasteiger partial charge >= 0.3 is 5.97 Å². The summed E-state index contributed by atoms with van der Waals surface area (Å²) in [4.78, 5) is 11.3. The highest BCUT2D eigenvalue weighted by Gasteiger charge is 2.21. The minimum Gasteiger partial charge on any atom is -0.478 e. The molecule has 2 aromatic rings. The second kappa shape index (κ2) is 6.03. The predicted octanol–water partition coefficient (Wildman–Crippen LogP) is 1.75. The van der Waals surface area contributed by atoms with Gasteiger partial charge in [0.2, 0.25) is 10.0 Å². The fourth-order valence-electron chi connectivity index (χ4n) is 2.82. The van der Waals surface area contributed by atoms with E-state index in [0.29, 0.717) is 5.69 Å². The lowest BCUT2D eigenvalue weighted by Gasteiger charge is -2.12. The second-order valence-electron chi connectivity index (χ2n) is 6.20. The van der Waals surface area contributed by atoms with Crippen molar-refractivity contribution in [3.05, 3.63) is 41.2 Å². The molecule has 0 radical (unpaired) electrons. The van der Waals surface area contributed by atoms with E-state index in [4.69, 9.17) is 0 Å². The van der Waals surface area contributed by atoms with Gasteiger partial charge in [0.1, 0.15) is 0 Å². The van der Waals surface area contributed by atoms with Crippen molar-refractivity contribution in [3.63, 3.8) is 0 Å². The number of carboxylic acid groups (broad SMARTS) is 1. The van der Waals surface area contributed by atoms with Gasteiger partial charge in [-0.15, -0.1) is 0 Å². The standard InChI is InChI=1S/C16H19N3O4S/c1-10(2)18-24(22,23)14-7-12(16(20)21)6-13(8-14)19-9-11-4-3-5-15(11)17-19/h6-10,18H,3-5H2,1-2H3,(H,20,21). The fraction of sp³-hybridized carbons (Fsp3) is 0.375. The van der Waals surface area contributed by atoms with Gasteiger partial charge in [-0.3, -0.25) is 0 Å². The second-order valence-corrected chi connectivity index (χ2v) is 7.91. The van der Waals surface area contributed by atoms with Crippen molar-refractivity contribution in [2.75, 3.05) is 0 Å². The van der Waals surface area contributed by atoms with Crippen LogP contribution in [0.25, 0.3) is 5.69 Å². The number of fused-ring (bicyclic) bond motifs is 1. The number of benzene rings is 1. The quantitative estimate of drug-likeness (QED) is 0.856. The van der Waals surface area contributed by atoms with Crippen molar-refractivity contribution >= 4 is 16.0 Å². The van der Waals surface area contributed by atoms with E-state index in [0.717, 1.165) is 36.6 Å². The SMILES string of the molecule is CC(C)NS(=O)(=O)c1cc(C(=O)O)cc(-n2cc3c(n2)CCC3)c1. The third-order valence-electron chi connectivity index (χ3n) is 3.84. The Bertz CT molecular complexity index is 879. The van der Waals surface area contributed by atoms with Crippen LogP contribution in [0.5, 0.6) is 0 Å². The van der Waals surface area contributed by atoms with Crippen LogP contribution in [0.2, 0.25) is 0 Å².